The molecule has 1 N–H and O–H groups in total. The molecule has 0 bridgehead atoms. The molecule has 0 aromatic carbocycles. The summed E-state index contributed by atoms with van der Waals surface area (Å²) in [5.74, 6) is 0. The van der Waals surface area contributed by atoms with Crippen LogP contribution in [-0.4, -0.2) is 16.7 Å². The van der Waals surface area contributed by atoms with E-state index in [9.17, 15) is 0 Å². The smallest absolute Gasteiger partial charge is 0.0727 e. The largest absolute Gasteiger partial charge is 0.384 e. The molecular weight excluding hydrogens is 126 g/mol. The van der Waals surface area contributed by atoms with Crippen molar-refractivity contribution in [3.8, 4) is 0 Å². The molecule has 0 amide bonds. The molecule has 0 saturated carbocycles. The molecule has 0 unspecified atom stereocenters. The Balaban J connectivity index is 2.43. The minimum atomic E-state index is 0.992. The van der Waals surface area contributed by atoms with Gasteiger partial charge in [0.05, 0.1) is 18.1 Å². The van der Waals surface area contributed by atoms with Crippen LogP contribution in [0.5, 0.6) is 0 Å². The van der Waals surface area contributed by atoms with Gasteiger partial charge in [-0.05, 0) is 12.5 Å². The van der Waals surface area contributed by atoms with E-state index < -0.39 is 0 Å². The third kappa shape index (κ3) is 2.01. The van der Waals surface area contributed by atoms with Gasteiger partial charge in [0, 0.05) is 6.54 Å². The molecule has 3 nitrogen and oxygen atoms in total. The maximum Gasteiger partial charge on any atom is 0.0727 e. The number of aromatic nitrogens is 2. The van der Waals surface area contributed by atoms with E-state index in [4.69, 9.17) is 0 Å². The third-order valence-corrected chi connectivity index (χ3v) is 1.16. The molecule has 1 aromatic rings. The van der Waals surface area contributed by atoms with E-state index in [0.29, 0.717) is 0 Å². The van der Waals surface area contributed by atoms with E-state index in [2.05, 4.69) is 22.4 Å². The number of hydrogen-bond acceptors (Lipinski definition) is 3. The van der Waals surface area contributed by atoms with Crippen molar-refractivity contribution in [3.63, 3.8) is 0 Å². The highest BCUT2D eigenvalue weighted by Crippen LogP contribution is 1.99. The van der Waals surface area contributed by atoms with Crippen LogP contribution in [0.15, 0.2) is 18.5 Å². The molecule has 0 radical (unpaired) electrons. The summed E-state index contributed by atoms with van der Waals surface area (Å²) in [5, 5.41) is 10.6. The Morgan fingerprint density at radius 3 is 3.00 bits per heavy atom. The zero-order chi connectivity index (χ0) is 7.23. The molecule has 0 aliphatic heterocycles. The highest BCUT2D eigenvalue weighted by molar-refractivity contribution is 5.38. The lowest BCUT2D eigenvalue weighted by atomic mass is 10.4. The molecule has 0 spiro atoms. The molecular formula is C7H11N3. The molecule has 0 saturated heterocycles. The lowest BCUT2D eigenvalue weighted by molar-refractivity contribution is 0.965. The summed E-state index contributed by atoms with van der Waals surface area (Å²) < 4.78 is 0. The number of nitrogens with zero attached hydrogens (tertiary/aromatic N) is 2. The fraction of sp³-hybridized carbons (Fsp3) is 0.429. The van der Waals surface area contributed by atoms with E-state index in [1.165, 1.54) is 0 Å². The van der Waals surface area contributed by atoms with Gasteiger partial charge in [-0.1, -0.05) is 6.92 Å². The monoisotopic (exact) mass is 137 g/mol. The summed E-state index contributed by atoms with van der Waals surface area (Å²) in [6.07, 6.45) is 4.52. The second kappa shape index (κ2) is 3.82. The van der Waals surface area contributed by atoms with Gasteiger partial charge in [0.25, 0.3) is 0 Å². The molecule has 1 heterocycles. The third-order valence-electron chi connectivity index (χ3n) is 1.16. The Kier molecular flexibility index (Phi) is 2.67. The SMILES string of the molecule is CCCNc1ccnnc1. The van der Waals surface area contributed by atoms with Crippen molar-refractivity contribution in [1.29, 1.82) is 0 Å². The van der Waals surface area contributed by atoms with Gasteiger partial charge in [0.15, 0.2) is 0 Å². The van der Waals surface area contributed by atoms with Crippen molar-refractivity contribution in [1.82, 2.24) is 10.2 Å². The van der Waals surface area contributed by atoms with Crippen LogP contribution in [-0.2, 0) is 0 Å². The number of anilines is 1. The van der Waals surface area contributed by atoms with Gasteiger partial charge in [0.1, 0.15) is 0 Å². The van der Waals surface area contributed by atoms with Crippen LogP contribution in [0.3, 0.4) is 0 Å². The molecule has 1 aromatic heterocycles. The first-order valence-electron chi connectivity index (χ1n) is 3.44. The van der Waals surface area contributed by atoms with Crippen molar-refractivity contribution in [2.75, 3.05) is 11.9 Å². The highest BCUT2D eigenvalue weighted by Gasteiger charge is 1.86. The van der Waals surface area contributed by atoms with Gasteiger partial charge < -0.3 is 5.32 Å². The summed E-state index contributed by atoms with van der Waals surface area (Å²) in [6.45, 7) is 3.12. The van der Waals surface area contributed by atoms with Crippen LogP contribution in [0.1, 0.15) is 13.3 Å². The molecule has 0 atom stereocenters. The van der Waals surface area contributed by atoms with Crippen molar-refractivity contribution in [3.05, 3.63) is 18.5 Å². The second-order valence-electron chi connectivity index (χ2n) is 2.06. The minimum Gasteiger partial charge on any atom is -0.384 e. The lowest BCUT2D eigenvalue weighted by Crippen LogP contribution is -1.99. The van der Waals surface area contributed by atoms with Gasteiger partial charge in [-0.15, -0.1) is 0 Å². The molecule has 10 heavy (non-hydrogen) atoms. The average Bonchev–Trinajstić information content (AvgIpc) is 2.03. The van der Waals surface area contributed by atoms with E-state index in [-0.39, 0.29) is 0 Å². The lowest BCUT2D eigenvalue weighted by Gasteiger charge is -2.00. The predicted octanol–water partition coefficient (Wildman–Crippen LogP) is 1.30. The maximum absolute atomic E-state index is 3.73. The van der Waals surface area contributed by atoms with Gasteiger partial charge in [-0.3, -0.25) is 0 Å². The van der Waals surface area contributed by atoms with Crippen molar-refractivity contribution in [2.45, 2.75) is 13.3 Å². The Bertz CT molecular complexity index is 173. The van der Waals surface area contributed by atoms with Gasteiger partial charge >= 0.3 is 0 Å². The van der Waals surface area contributed by atoms with Crippen LogP contribution < -0.4 is 5.32 Å². The minimum absolute atomic E-state index is 0.992. The standard InChI is InChI=1S/C7H11N3/c1-2-4-8-7-3-5-9-10-6-7/h3,5-6H,2,4H2,1H3,(H,8,9). The first kappa shape index (κ1) is 6.99. The van der Waals surface area contributed by atoms with Crippen LogP contribution in [0.4, 0.5) is 5.69 Å². The normalized spacial score (nSPS) is 9.30. The molecule has 3 heteroatoms. The number of hydrogen-bond donors (Lipinski definition) is 1. The quantitative estimate of drug-likeness (QED) is 0.682. The van der Waals surface area contributed by atoms with Gasteiger partial charge in [-0.2, -0.15) is 10.2 Å². The second-order valence-corrected chi connectivity index (χ2v) is 2.06. The summed E-state index contributed by atoms with van der Waals surface area (Å²) in [7, 11) is 0. The molecule has 0 aliphatic carbocycles. The summed E-state index contributed by atoms with van der Waals surface area (Å²) in [4.78, 5) is 0. The molecule has 1 rings (SSSR count). The average molecular weight is 137 g/mol. The zero-order valence-corrected chi connectivity index (χ0v) is 6.04. The predicted molar refractivity (Wildman–Crippen MR) is 40.8 cm³/mol. The summed E-state index contributed by atoms with van der Waals surface area (Å²) in [6, 6.07) is 1.91. The highest BCUT2D eigenvalue weighted by atomic mass is 15.1. The maximum atomic E-state index is 3.73. The first-order valence-corrected chi connectivity index (χ1v) is 3.44. The van der Waals surface area contributed by atoms with E-state index in [1.807, 2.05) is 6.07 Å². The van der Waals surface area contributed by atoms with Crippen molar-refractivity contribution < 1.29 is 0 Å². The topological polar surface area (TPSA) is 37.8 Å². The Labute approximate surface area is 60.5 Å². The van der Waals surface area contributed by atoms with Crippen LogP contribution in [0, 0.1) is 0 Å². The Hall–Kier alpha value is -1.12. The van der Waals surface area contributed by atoms with Crippen LogP contribution >= 0.6 is 0 Å². The number of rotatable bonds is 3. The van der Waals surface area contributed by atoms with Gasteiger partial charge in [0.2, 0.25) is 0 Å². The summed E-state index contributed by atoms with van der Waals surface area (Å²) >= 11 is 0. The summed E-state index contributed by atoms with van der Waals surface area (Å²) in [5.41, 5.74) is 1.04. The zero-order valence-electron chi connectivity index (χ0n) is 6.04. The van der Waals surface area contributed by atoms with E-state index in [1.54, 1.807) is 12.4 Å². The fourth-order valence-electron chi connectivity index (χ4n) is 0.665. The van der Waals surface area contributed by atoms with Crippen molar-refractivity contribution >= 4 is 5.69 Å². The van der Waals surface area contributed by atoms with E-state index in [0.717, 1.165) is 18.7 Å². The molecule has 0 aliphatic rings. The molecule has 54 valence electrons. The fourth-order valence-corrected chi connectivity index (χ4v) is 0.665. The molecule has 0 fully saturated rings. The van der Waals surface area contributed by atoms with Crippen molar-refractivity contribution in [2.24, 2.45) is 0 Å². The van der Waals surface area contributed by atoms with Crippen LogP contribution in [0.2, 0.25) is 0 Å². The first-order chi connectivity index (χ1) is 4.93. The van der Waals surface area contributed by atoms with Crippen LogP contribution in [0.25, 0.3) is 0 Å². The number of nitrogens with one attached hydrogen (secondary N) is 1. The Morgan fingerprint density at radius 2 is 2.40 bits per heavy atom. The van der Waals surface area contributed by atoms with Gasteiger partial charge in [-0.25, -0.2) is 0 Å². The van der Waals surface area contributed by atoms with E-state index >= 15 is 0 Å². The Morgan fingerprint density at radius 1 is 1.50 bits per heavy atom.